The first kappa shape index (κ1) is 13.4. The molecule has 0 atom stereocenters. The van der Waals surface area contributed by atoms with Gasteiger partial charge in [0.1, 0.15) is 5.82 Å². The number of carboxylic acid groups (broad SMARTS) is 1. The number of carbonyl (C=O) groups is 1. The van der Waals surface area contributed by atoms with Gasteiger partial charge in [0.2, 0.25) is 0 Å². The minimum Gasteiger partial charge on any atom is -0.478 e. The van der Waals surface area contributed by atoms with Crippen LogP contribution in [-0.4, -0.2) is 11.1 Å². The lowest BCUT2D eigenvalue weighted by Crippen LogP contribution is -2.06. The van der Waals surface area contributed by atoms with Crippen molar-refractivity contribution >= 4 is 23.3 Å². The Morgan fingerprint density at radius 2 is 2.05 bits per heavy atom. The van der Waals surface area contributed by atoms with E-state index in [1.54, 1.807) is 12.1 Å². The van der Waals surface area contributed by atoms with Crippen LogP contribution in [0.3, 0.4) is 0 Å². The van der Waals surface area contributed by atoms with E-state index >= 15 is 0 Å². The number of aromatic carboxylic acids is 1. The van der Waals surface area contributed by atoms with Crippen molar-refractivity contribution in [2.24, 2.45) is 0 Å². The van der Waals surface area contributed by atoms with Gasteiger partial charge in [-0.2, -0.15) is 0 Å². The fraction of sp³-hybridized carbons (Fsp3) is 0.0714. The number of hydrogen-bond donors (Lipinski definition) is 2. The average Bonchev–Trinajstić information content (AvgIpc) is 2.37. The molecule has 0 heterocycles. The van der Waals surface area contributed by atoms with Crippen LogP contribution >= 0.6 is 11.6 Å². The molecule has 0 aliphatic rings. The molecule has 0 unspecified atom stereocenters. The topological polar surface area (TPSA) is 49.3 Å². The number of anilines is 1. The van der Waals surface area contributed by atoms with Crippen LogP contribution in [0.15, 0.2) is 42.5 Å². The zero-order chi connectivity index (χ0) is 13.8. The molecule has 0 aliphatic heterocycles. The first-order valence-electron chi connectivity index (χ1n) is 5.57. The van der Waals surface area contributed by atoms with Crippen LogP contribution in [0.1, 0.15) is 15.9 Å². The fourth-order valence-electron chi connectivity index (χ4n) is 1.69. The van der Waals surface area contributed by atoms with Gasteiger partial charge < -0.3 is 10.4 Å². The standard InChI is InChI=1S/C14H11ClFNO2/c15-10-3-1-2-9(6-10)8-17-13-5-4-11(16)7-12(13)14(18)19/h1-7,17H,8H2,(H,18,19). The third kappa shape index (κ3) is 3.45. The molecule has 0 amide bonds. The summed E-state index contributed by atoms with van der Waals surface area (Å²) in [5, 5.41) is 12.6. The molecule has 0 aliphatic carbocycles. The van der Waals surface area contributed by atoms with Gasteiger partial charge in [-0.1, -0.05) is 23.7 Å². The Morgan fingerprint density at radius 3 is 2.74 bits per heavy atom. The van der Waals surface area contributed by atoms with Crippen LogP contribution in [0, 0.1) is 5.82 Å². The number of nitrogens with one attached hydrogen (secondary N) is 1. The van der Waals surface area contributed by atoms with Crippen LogP contribution in [0.2, 0.25) is 5.02 Å². The van der Waals surface area contributed by atoms with E-state index in [1.807, 2.05) is 12.1 Å². The van der Waals surface area contributed by atoms with Gasteiger partial charge in [0.15, 0.2) is 0 Å². The summed E-state index contributed by atoms with van der Waals surface area (Å²) in [6.07, 6.45) is 0. The van der Waals surface area contributed by atoms with E-state index in [9.17, 15) is 9.18 Å². The highest BCUT2D eigenvalue weighted by Gasteiger charge is 2.10. The molecule has 0 radical (unpaired) electrons. The molecule has 2 aromatic rings. The second-order valence-electron chi connectivity index (χ2n) is 3.98. The van der Waals surface area contributed by atoms with Crippen LogP contribution in [0.5, 0.6) is 0 Å². The summed E-state index contributed by atoms with van der Waals surface area (Å²) in [4.78, 5) is 11.0. The smallest absolute Gasteiger partial charge is 0.337 e. The zero-order valence-electron chi connectivity index (χ0n) is 9.86. The van der Waals surface area contributed by atoms with E-state index in [0.29, 0.717) is 17.3 Å². The minimum absolute atomic E-state index is 0.0953. The third-order valence-electron chi connectivity index (χ3n) is 2.58. The maximum absolute atomic E-state index is 13.0. The van der Waals surface area contributed by atoms with Crippen LogP contribution in [0.4, 0.5) is 10.1 Å². The molecule has 0 saturated carbocycles. The van der Waals surface area contributed by atoms with Crippen molar-refractivity contribution < 1.29 is 14.3 Å². The summed E-state index contributed by atoms with van der Waals surface area (Å²) >= 11 is 5.86. The van der Waals surface area contributed by atoms with Crippen LogP contribution in [0.25, 0.3) is 0 Å². The Balaban J connectivity index is 2.17. The summed E-state index contributed by atoms with van der Waals surface area (Å²) in [6.45, 7) is 0.409. The van der Waals surface area contributed by atoms with E-state index in [2.05, 4.69) is 5.32 Å². The highest BCUT2D eigenvalue weighted by atomic mass is 35.5. The number of carboxylic acids is 1. The summed E-state index contributed by atoms with van der Waals surface area (Å²) in [5.74, 6) is -1.75. The molecule has 2 N–H and O–H groups in total. The highest BCUT2D eigenvalue weighted by Crippen LogP contribution is 2.19. The van der Waals surface area contributed by atoms with Gasteiger partial charge in [0, 0.05) is 17.3 Å². The van der Waals surface area contributed by atoms with Crippen molar-refractivity contribution in [2.45, 2.75) is 6.54 Å². The second kappa shape index (κ2) is 5.71. The molecular formula is C14H11ClFNO2. The number of hydrogen-bond acceptors (Lipinski definition) is 2. The molecule has 0 saturated heterocycles. The van der Waals surface area contributed by atoms with E-state index in [4.69, 9.17) is 16.7 Å². The van der Waals surface area contributed by atoms with Crippen LogP contribution in [-0.2, 0) is 6.54 Å². The summed E-state index contributed by atoms with van der Waals surface area (Å²) in [5.41, 5.74) is 1.18. The number of benzene rings is 2. The van der Waals surface area contributed by atoms with E-state index in [0.717, 1.165) is 11.6 Å². The molecule has 0 spiro atoms. The van der Waals surface area contributed by atoms with Gasteiger partial charge in [0.05, 0.1) is 5.56 Å². The number of rotatable bonds is 4. The van der Waals surface area contributed by atoms with Gasteiger partial charge in [-0.05, 0) is 35.9 Å². The zero-order valence-corrected chi connectivity index (χ0v) is 10.6. The second-order valence-corrected chi connectivity index (χ2v) is 4.41. The molecule has 0 aromatic heterocycles. The van der Waals surface area contributed by atoms with Crippen molar-refractivity contribution in [3.63, 3.8) is 0 Å². The van der Waals surface area contributed by atoms with E-state index < -0.39 is 11.8 Å². The first-order valence-corrected chi connectivity index (χ1v) is 5.95. The van der Waals surface area contributed by atoms with Crippen molar-refractivity contribution in [3.05, 3.63) is 64.4 Å². The van der Waals surface area contributed by atoms with Crippen molar-refractivity contribution in [1.29, 1.82) is 0 Å². The van der Waals surface area contributed by atoms with Crippen molar-refractivity contribution in [3.8, 4) is 0 Å². The molecule has 3 nitrogen and oxygen atoms in total. The predicted octanol–water partition coefficient (Wildman–Crippen LogP) is 3.79. The van der Waals surface area contributed by atoms with E-state index in [-0.39, 0.29) is 5.56 Å². The Labute approximate surface area is 114 Å². The monoisotopic (exact) mass is 279 g/mol. The molecule has 2 rings (SSSR count). The fourth-order valence-corrected chi connectivity index (χ4v) is 1.90. The SMILES string of the molecule is O=C(O)c1cc(F)ccc1NCc1cccc(Cl)c1. The predicted molar refractivity (Wildman–Crippen MR) is 72.1 cm³/mol. The molecular weight excluding hydrogens is 269 g/mol. The van der Waals surface area contributed by atoms with Gasteiger partial charge in [-0.15, -0.1) is 0 Å². The first-order chi connectivity index (χ1) is 9.06. The lowest BCUT2D eigenvalue weighted by atomic mass is 10.1. The molecule has 19 heavy (non-hydrogen) atoms. The normalized spacial score (nSPS) is 10.2. The number of halogens is 2. The summed E-state index contributed by atoms with van der Waals surface area (Å²) in [6, 6.07) is 10.8. The van der Waals surface area contributed by atoms with Crippen molar-refractivity contribution in [1.82, 2.24) is 0 Å². The van der Waals surface area contributed by atoms with Gasteiger partial charge in [0.25, 0.3) is 0 Å². The minimum atomic E-state index is -1.17. The molecule has 98 valence electrons. The largest absolute Gasteiger partial charge is 0.478 e. The van der Waals surface area contributed by atoms with Crippen molar-refractivity contribution in [2.75, 3.05) is 5.32 Å². The Bertz CT molecular complexity index is 616. The third-order valence-corrected chi connectivity index (χ3v) is 2.82. The Morgan fingerprint density at radius 1 is 1.26 bits per heavy atom. The highest BCUT2D eigenvalue weighted by molar-refractivity contribution is 6.30. The summed E-state index contributed by atoms with van der Waals surface area (Å²) < 4.78 is 13.0. The van der Waals surface area contributed by atoms with Gasteiger partial charge in [-0.25, -0.2) is 9.18 Å². The Kier molecular flexibility index (Phi) is 4.02. The van der Waals surface area contributed by atoms with Crippen LogP contribution < -0.4 is 5.32 Å². The van der Waals surface area contributed by atoms with E-state index in [1.165, 1.54) is 12.1 Å². The maximum atomic E-state index is 13.0. The molecule has 2 aromatic carbocycles. The summed E-state index contributed by atoms with van der Waals surface area (Å²) in [7, 11) is 0. The lowest BCUT2D eigenvalue weighted by Gasteiger charge is -2.10. The average molecular weight is 280 g/mol. The molecule has 0 fully saturated rings. The molecule has 0 bridgehead atoms. The quantitative estimate of drug-likeness (QED) is 0.895. The lowest BCUT2D eigenvalue weighted by molar-refractivity contribution is 0.0697. The maximum Gasteiger partial charge on any atom is 0.337 e. The Hall–Kier alpha value is -2.07. The molecule has 5 heteroatoms. The van der Waals surface area contributed by atoms with Gasteiger partial charge >= 0.3 is 5.97 Å². The van der Waals surface area contributed by atoms with Gasteiger partial charge in [-0.3, -0.25) is 0 Å².